The molecule has 146 valence electrons. The zero-order valence-corrected chi connectivity index (χ0v) is 17.4. The number of carbonyl (C=O) groups excluding carboxylic acids is 1. The van der Waals surface area contributed by atoms with E-state index in [0.717, 1.165) is 5.69 Å². The number of hydrogen-bond acceptors (Lipinski definition) is 7. The molecule has 1 aromatic heterocycles. The van der Waals surface area contributed by atoms with E-state index in [-0.39, 0.29) is 17.1 Å². The molecule has 3 rings (SSSR count). The summed E-state index contributed by atoms with van der Waals surface area (Å²) in [6.07, 6.45) is 0. The van der Waals surface area contributed by atoms with Gasteiger partial charge < -0.3 is 10.1 Å². The first kappa shape index (κ1) is 20.3. The predicted molar refractivity (Wildman–Crippen MR) is 112 cm³/mol. The third-order valence-corrected chi connectivity index (χ3v) is 6.00. The lowest BCUT2D eigenvalue weighted by Gasteiger charge is -2.07. The van der Waals surface area contributed by atoms with Crippen molar-refractivity contribution in [2.24, 2.45) is 0 Å². The van der Waals surface area contributed by atoms with E-state index in [4.69, 9.17) is 4.74 Å². The minimum Gasteiger partial charge on any atom is -0.496 e. The Morgan fingerprint density at radius 2 is 1.96 bits per heavy atom. The third-order valence-electron chi connectivity index (χ3n) is 4.02. The van der Waals surface area contributed by atoms with Gasteiger partial charge in [-0.05, 0) is 41.8 Å². The van der Waals surface area contributed by atoms with Crippen molar-refractivity contribution in [3.63, 3.8) is 0 Å². The molecule has 0 saturated heterocycles. The first-order chi connectivity index (χ1) is 13.5. The van der Waals surface area contributed by atoms with Crippen molar-refractivity contribution in [2.75, 3.05) is 18.2 Å². The monoisotopic (exact) mass is 417 g/mol. The van der Waals surface area contributed by atoms with Crippen molar-refractivity contribution in [1.82, 2.24) is 10.2 Å². The molecule has 0 unspecified atom stereocenters. The summed E-state index contributed by atoms with van der Waals surface area (Å²) >= 11 is 2.62. The predicted octanol–water partition coefficient (Wildman–Crippen LogP) is 5.53. The number of aromatic nitrogens is 2. The molecule has 2 aromatic carbocycles. The highest BCUT2D eigenvalue weighted by Gasteiger charge is 2.15. The summed E-state index contributed by atoms with van der Waals surface area (Å²) in [5.74, 6) is 0.261. The van der Waals surface area contributed by atoms with Crippen LogP contribution >= 0.6 is 23.1 Å². The quantitative estimate of drug-likeness (QED) is 0.384. The second-order valence-corrected chi connectivity index (χ2v) is 8.53. The second kappa shape index (κ2) is 9.16. The molecule has 0 aliphatic heterocycles. The molecule has 28 heavy (non-hydrogen) atoms. The van der Waals surface area contributed by atoms with Crippen LogP contribution in [-0.4, -0.2) is 28.8 Å². The summed E-state index contributed by atoms with van der Waals surface area (Å²) < 4.78 is 19.2. The molecule has 0 fully saturated rings. The van der Waals surface area contributed by atoms with Gasteiger partial charge in [-0.3, -0.25) is 4.79 Å². The Hall–Kier alpha value is -2.45. The Labute approximate surface area is 171 Å². The number of anilines is 2. The molecule has 0 bridgehead atoms. The number of methoxy groups -OCH3 is 1. The first-order valence-electron chi connectivity index (χ1n) is 8.66. The second-order valence-electron chi connectivity index (χ2n) is 6.33. The standard InChI is InChI=1S/C20H20FN3O2S2/c1-12(2)13-4-7-15(8-5-13)22-19-23-24-20(28-19)27-11-17(25)16-10-14(21)6-9-18(16)26-3/h4-10,12H,11H2,1-3H3,(H,22,23). The maximum Gasteiger partial charge on any atom is 0.210 e. The van der Waals surface area contributed by atoms with Crippen LogP contribution in [0.5, 0.6) is 5.75 Å². The summed E-state index contributed by atoms with van der Waals surface area (Å²) in [7, 11) is 1.45. The van der Waals surface area contributed by atoms with E-state index in [2.05, 4.69) is 41.5 Å². The largest absolute Gasteiger partial charge is 0.496 e. The van der Waals surface area contributed by atoms with E-state index in [0.29, 0.717) is 21.1 Å². The zero-order valence-electron chi connectivity index (χ0n) is 15.7. The summed E-state index contributed by atoms with van der Waals surface area (Å²) in [6, 6.07) is 12.1. The van der Waals surface area contributed by atoms with Crippen LogP contribution in [0.25, 0.3) is 0 Å². The fraction of sp³-hybridized carbons (Fsp3) is 0.250. The van der Waals surface area contributed by atoms with Crippen LogP contribution in [0.2, 0.25) is 0 Å². The number of carbonyl (C=O) groups is 1. The smallest absolute Gasteiger partial charge is 0.210 e. The Morgan fingerprint density at radius 3 is 2.64 bits per heavy atom. The number of Topliss-reactive ketones (excluding diaryl/α,β-unsaturated/α-hetero) is 1. The lowest BCUT2D eigenvalue weighted by atomic mass is 10.0. The van der Waals surface area contributed by atoms with E-state index >= 15 is 0 Å². The van der Waals surface area contributed by atoms with Crippen molar-refractivity contribution in [1.29, 1.82) is 0 Å². The van der Waals surface area contributed by atoms with Gasteiger partial charge in [0.15, 0.2) is 10.1 Å². The Kier molecular flexibility index (Phi) is 6.64. The van der Waals surface area contributed by atoms with Gasteiger partial charge in [0.25, 0.3) is 0 Å². The molecule has 0 amide bonds. The molecule has 0 radical (unpaired) electrons. The van der Waals surface area contributed by atoms with Gasteiger partial charge in [-0.15, -0.1) is 10.2 Å². The number of thioether (sulfide) groups is 1. The SMILES string of the molecule is COc1ccc(F)cc1C(=O)CSc1nnc(Nc2ccc(C(C)C)cc2)s1. The molecular weight excluding hydrogens is 397 g/mol. The van der Waals surface area contributed by atoms with Crippen LogP contribution in [0.1, 0.15) is 35.7 Å². The van der Waals surface area contributed by atoms with Crippen molar-refractivity contribution in [3.8, 4) is 5.75 Å². The van der Waals surface area contributed by atoms with E-state index in [1.54, 1.807) is 0 Å². The van der Waals surface area contributed by atoms with Gasteiger partial charge in [0, 0.05) is 5.69 Å². The Morgan fingerprint density at radius 1 is 1.21 bits per heavy atom. The van der Waals surface area contributed by atoms with Gasteiger partial charge in [-0.1, -0.05) is 49.1 Å². The molecule has 1 heterocycles. The number of ketones is 1. The number of nitrogens with one attached hydrogen (secondary N) is 1. The van der Waals surface area contributed by atoms with Crippen LogP contribution in [-0.2, 0) is 0 Å². The maximum absolute atomic E-state index is 13.4. The van der Waals surface area contributed by atoms with Gasteiger partial charge in [0.2, 0.25) is 5.13 Å². The van der Waals surface area contributed by atoms with Crippen molar-refractivity contribution >= 4 is 39.7 Å². The average molecular weight is 418 g/mol. The van der Waals surface area contributed by atoms with Crippen LogP contribution < -0.4 is 10.1 Å². The van der Waals surface area contributed by atoms with Crippen molar-refractivity contribution in [3.05, 3.63) is 59.4 Å². The van der Waals surface area contributed by atoms with Gasteiger partial charge >= 0.3 is 0 Å². The highest BCUT2D eigenvalue weighted by atomic mass is 32.2. The summed E-state index contributed by atoms with van der Waals surface area (Å²) in [6.45, 7) is 4.30. The molecule has 0 spiro atoms. The molecule has 0 saturated carbocycles. The normalized spacial score (nSPS) is 10.9. The molecule has 0 aliphatic carbocycles. The molecule has 0 atom stereocenters. The summed E-state index contributed by atoms with van der Waals surface area (Å²) in [4.78, 5) is 12.4. The number of hydrogen-bond donors (Lipinski definition) is 1. The maximum atomic E-state index is 13.4. The number of nitrogens with zero attached hydrogens (tertiary/aromatic N) is 2. The Balaban J connectivity index is 1.60. The van der Waals surface area contributed by atoms with Gasteiger partial charge in [-0.2, -0.15) is 0 Å². The van der Waals surface area contributed by atoms with Gasteiger partial charge in [0.05, 0.1) is 18.4 Å². The lowest BCUT2D eigenvalue weighted by Crippen LogP contribution is -2.05. The van der Waals surface area contributed by atoms with Crippen LogP contribution in [0.3, 0.4) is 0 Å². The molecule has 3 aromatic rings. The summed E-state index contributed by atoms with van der Waals surface area (Å²) in [5, 5.41) is 12.1. The van der Waals surface area contributed by atoms with E-state index < -0.39 is 5.82 Å². The van der Waals surface area contributed by atoms with Crippen LogP contribution in [0, 0.1) is 5.82 Å². The van der Waals surface area contributed by atoms with E-state index in [1.165, 1.54) is 54.0 Å². The molecule has 5 nitrogen and oxygen atoms in total. The number of ether oxygens (including phenoxy) is 1. The first-order valence-corrected chi connectivity index (χ1v) is 10.5. The minimum absolute atomic E-state index is 0.123. The number of benzene rings is 2. The van der Waals surface area contributed by atoms with Crippen LogP contribution in [0.4, 0.5) is 15.2 Å². The Bertz CT molecular complexity index is 958. The fourth-order valence-corrected chi connectivity index (χ4v) is 4.15. The van der Waals surface area contributed by atoms with E-state index in [9.17, 15) is 9.18 Å². The van der Waals surface area contributed by atoms with Crippen molar-refractivity contribution < 1.29 is 13.9 Å². The topological polar surface area (TPSA) is 64.1 Å². The minimum atomic E-state index is -0.472. The fourth-order valence-electron chi connectivity index (χ4n) is 2.50. The third kappa shape index (κ3) is 5.08. The molecule has 1 N–H and O–H groups in total. The summed E-state index contributed by atoms with van der Waals surface area (Å²) in [5.41, 5.74) is 2.42. The van der Waals surface area contributed by atoms with E-state index in [1.807, 2.05) is 12.1 Å². The van der Waals surface area contributed by atoms with Gasteiger partial charge in [0.1, 0.15) is 11.6 Å². The average Bonchev–Trinajstić information content (AvgIpc) is 3.13. The number of halogens is 1. The van der Waals surface area contributed by atoms with Crippen molar-refractivity contribution in [2.45, 2.75) is 24.1 Å². The molecular formula is C20H20FN3O2S2. The highest BCUT2D eigenvalue weighted by molar-refractivity contribution is 8.01. The van der Waals surface area contributed by atoms with Crippen LogP contribution in [0.15, 0.2) is 46.8 Å². The van der Waals surface area contributed by atoms with Gasteiger partial charge in [-0.25, -0.2) is 4.39 Å². The number of rotatable bonds is 8. The molecule has 8 heteroatoms. The molecule has 0 aliphatic rings. The zero-order chi connectivity index (χ0) is 20.1. The highest BCUT2D eigenvalue weighted by Crippen LogP contribution is 2.30. The lowest BCUT2D eigenvalue weighted by molar-refractivity contribution is 0.101.